The molecule has 3 aliphatic heterocycles. The molecule has 12 rings (SSSR count). The van der Waals surface area contributed by atoms with E-state index in [4.69, 9.17) is 37.4 Å². The van der Waals surface area contributed by atoms with Gasteiger partial charge in [0.1, 0.15) is 57.8 Å². The minimum absolute atomic E-state index is 0.283. The summed E-state index contributed by atoms with van der Waals surface area (Å²) < 4.78 is 46.7. The highest BCUT2D eigenvalue weighted by Crippen LogP contribution is 2.41. The lowest BCUT2D eigenvalue weighted by Crippen LogP contribution is -2.26. The van der Waals surface area contributed by atoms with Crippen LogP contribution in [0.5, 0.6) is 17.2 Å². The number of benzene rings is 3. The Morgan fingerprint density at radius 1 is 0.435 bits per heavy atom. The third-order valence-electron chi connectivity index (χ3n) is 12.7. The van der Waals surface area contributed by atoms with Gasteiger partial charge in [0.2, 0.25) is 17.1 Å². The number of halogens is 1. The standard InChI is InChI=1S/2C18H19N3O2.C17H16FN3O2/c2*1-11-9-15-17(19-12(2)20-18(15)23-11)21-8-4-5-13-10-14(22-3)6-7-16(13)21;1-10-8-13-15(19-17(18)20-16(13)23-10)21-7-3-4-11-9-12(22-2)5-6-14(11)21/h2*6-7,9-10H,4-5,8H2,1-3H3;5-6,8-9H,3-4,7H2,1-2H3/i3-1;;18-1. The van der Waals surface area contributed by atoms with Gasteiger partial charge in [-0.3, -0.25) is 0 Å². The van der Waals surface area contributed by atoms with Crippen LogP contribution in [0.25, 0.3) is 33.3 Å². The molecule has 0 radical (unpaired) electrons. The molecule has 0 aliphatic carbocycles. The normalized spacial score (nSPS) is 14.1. The molecule has 0 atom stereocenters. The van der Waals surface area contributed by atoms with Crippen molar-refractivity contribution in [2.45, 2.75) is 73.1 Å². The predicted molar refractivity (Wildman–Crippen MR) is 264 cm³/mol. The summed E-state index contributed by atoms with van der Waals surface area (Å²) in [4.78, 5) is 32.6. The van der Waals surface area contributed by atoms with Gasteiger partial charge in [0, 0.05) is 36.7 Å². The van der Waals surface area contributed by atoms with Crippen LogP contribution in [0.15, 0.2) is 86.0 Å². The van der Waals surface area contributed by atoms with Gasteiger partial charge in [-0.25, -0.2) is 9.97 Å². The number of fused-ring (bicyclic) bond motifs is 6. The van der Waals surface area contributed by atoms with Gasteiger partial charge >= 0.3 is 6.08 Å². The highest BCUT2D eigenvalue weighted by molar-refractivity contribution is 5.92. The Balaban J connectivity index is 0.000000120. The van der Waals surface area contributed by atoms with Gasteiger partial charge < -0.3 is 42.2 Å². The van der Waals surface area contributed by atoms with Crippen molar-refractivity contribution in [3.05, 3.63) is 124 Å². The van der Waals surface area contributed by atoms with Crippen molar-refractivity contribution < 1.29 is 31.9 Å². The molecule has 0 saturated heterocycles. The maximum atomic E-state index is 13.8. The maximum Gasteiger partial charge on any atom is 0.313 e. The molecule has 0 bridgehead atoms. The molecule has 9 heterocycles. The summed E-state index contributed by atoms with van der Waals surface area (Å²) in [7, 11) is 5.06. The lowest BCUT2D eigenvalue weighted by molar-refractivity contribution is 0.414. The number of anilines is 6. The van der Waals surface area contributed by atoms with E-state index in [9.17, 15) is 4.39 Å². The van der Waals surface area contributed by atoms with E-state index in [0.717, 1.165) is 132 Å². The van der Waals surface area contributed by atoms with Gasteiger partial charge in [0.15, 0.2) is 5.82 Å². The first-order valence-electron chi connectivity index (χ1n) is 23.2. The number of ether oxygens (including phenoxy) is 3. The van der Waals surface area contributed by atoms with Gasteiger partial charge in [0.25, 0.3) is 0 Å². The third kappa shape index (κ3) is 8.94. The molecule has 0 amide bonds. The lowest BCUT2D eigenvalue weighted by Gasteiger charge is -2.31. The van der Waals surface area contributed by atoms with Gasteiger partial charge in [-0.1, -0.05) is 0 Å². The predicted octanol–water partition coefficient (Wildman–Crippen LogP) is 11.6. The van der Waals surface area contributed by atoms with Crippen molar-refractivity contribution in [2.24, 2.45) is 0 Å². The van der Waals surface area contributed by atoms with Crippen LogP contribution in [0.2, 0.25) is 0 Å². The summed E-state index contributed by atoms with van der Waals surface area (Å²) in [6, 6.07) is 24.3. The van der Waals surface area contributed by atoms with Crippen LogP contribution >= 0.6 is 0 Å². The quantitative estimate of drug-likeness (QED) is 0.145. The first-order chi connectivity index (χ1) is 33.5. The fourth-order valence-corrected chi connectivity index (χ4v) is 9.64. The molecule has 3 aliphatic rings. The van der Waals surface area contributed by atoms with Crippen LogP contribution in [0.1, 0.15) is 64.9 Å². The maximum absolute atomic E-state index is 13.8. The van der Waals surface area contributed by atoms with Crippen molar-refractivity contribution in [1.29, 1.82) is 0 Å². The Hall–Kier alpha value is -7.75. The third-order valence-corrected chi connectivity index (χ3v) is 12.7. The number of aromatic nitrogens is 6. The van der Waals surface area contributed by atoms with Crippen LogP contribution in [-0.2, 0) is 19.3 Å². The first kappa shape index (κ1) is 45.1. The van der Waals surface area contributed by atoms with E-state index < -0.39 is 6.08 Å². The fourth-order valence-electron chi connectivity index (χ4n) is 9.64. The Bertz CT molecular complexity index is 3010. The highest BCUT2D eigenvalue weighted by Gasteiger charge is 2.27. The van der Waals surface area contributed by atoms with Crippen molar-refractivity contribution in [3.63, 3.8) is 0 Å². The highest BCUT2D eigenvalue weighted by atomic mass is 18.2. The molecule has 9 aromatic rings. The van der Waals surface area contributed by atoms with E-state index in [2.05, 4.69) is 54.0 Å². The minimum Gasteiger partial charge on any atom is -0.497 e. The molecule has 69 heavy (non-hydrogen) atoms. The van der Waals surface area contributed by atoms with Crippen molar-refractivity contribution in [1.82, 2.24) is 29.9 Å². The number of hydrogen-bond donors (Lipinski definition) is 0. The van der Waals surface area contributed by atoms with Crippen LogP contribution in [0, 0.1) is 40.7 Å². The zero-order chi connectivity index (χ0) is 47.9. The summed E-state index contributed by atoms with van der Waals surface area (Å²) in [5, 5.41) is 2.67. The van der Waals surface area contributed by atoms with Gasteiger partial charge in [-0.15, -0.1) is 0 Å². The second-order valence-electron chi connectivity index (χ2n) is 17.5. The summed E-state index contributed by atoms with van der Waals surface area (Å²) in [6.45, 7) is 12.2. The second-order valence-corrected chi connectivity index (χ2v) is 17.5. The molecule has 0 unspecified atom stereocenters. The Labute approximate surface area is 398 Å². The van der Waals surface area contributed by atoms with Crippen molar-refractivity contribution in [2.75, 3.05) is 55.7 Å². The number of rotatable bonds is 6. The van der Waals surface area contributed by atoms with Gasteiger partial charge in [-0.05, 0) is 163 Å². The van der Waals surface area contributed by atoms with Crippen molar-refractivity contribution in [3.8, 4) is 17.2 Å². The lowest BCUT2D eigenvalue weighted by atomic mass is 10.0. The summed E-state index contributed by atoms with van der Waals surface area (Å²) >= 11 is 0. The summed E-state index contributed by atoms with van der Waals surface area (Å²) in [5.74, 6) is 8.87. The molecule has 15 nitrogen and oxygen atoms in total. The molecular formula is C53H54FN9O6. The van der Waals surface area contributed by atoms with Crippen LogP contribution < -0.4 is 28.9 Å². The van der Waals surface area contributed by atoms with Gasteiger partial charge in [-0.2, -0.15) is 24.3 Å². The number of nitrogens with zero attached hydrogens (tertiary/aromatic N) is 9. The number of methoxy groups -OCH3 is 3. The van der Waals surface area contributed by atoms with E-state index in [0.29, 0.717) is 23.0 Å². The van der Waals surface area contributed by atoms with Crippen LogP contribution in [-0.4, -0.2) is 70.9 Å². The average molecular weight is 930 g/mol. The second kappa shape index (κ2) is 18.7. The fraction of sp³-hybridized carbons (Fsp3) is 0.321. The van der Waals surface area contributed by atoms with E-state index in [1.54, 1.807) is 21.3 Å². The summed E-state index contributed by atoms with van der Waals surface area (Å²) in [6.07, 6.45) is 5.43. The number of aryl methyl sites for hydroxylation is 8. The molecule has 0 saturated carbocycles. The SMILES string of the molecule is COc1ccc2c(c1)CCCN2c1nc(C)nc2oc(C)cc12.COc1ccc2c(c1)CCCN2c1nc([18F])nc2oc(C)cc12.Cc1nc(N2CCCc3cc(O[11CH3])ccc32)c2cc(C)oc2n1. The van der Waals surface area contributed by atoms with E-state index in [1.807, 2.05) is 88.0 Å². The van der Waals surface area contributed by atoms with E-state index in [1.165, 1.54) is 28.1 Å². The zero-order valence-electron chi connectivity index (χ0n) is 40.1. The first-order valence-corrected chi connectivity index (χ1v) is 23.2. The molecule has 16 heteroatoms. The molecule has 3 aromatic carbocycles. The molecule has 0 N–H and O–H groups in total. The molecular weight excluding hydrogens is 876 g/mol. The zero-order valence-corrected chi connectivity index (χ0v) is 40.1. The van der Waals surface area contributed by atoms with Gasteiger partial charge in [0.05, 0.1) is 37.5 Å². The topological polar surface area (TPSA) is 154 Å². The van der Waals surface area contributed by atoms with Crippen molar-refractivity contribution >= 4 is 67.8 Å². The number of furan rings is 3. The Morgan fingerprint density at radius 2 is 0.768 bits per heavy atom. The number of hydrogen-bond acceptors (Lipinski definition) is 15. The summed E-state index contributed by atoms with van der Waals surface area (Å²) in [5.41, 5.74) is 8.76. The molecule has 354 valence electrons. The monoisotopic (exact) mass is 929 g/mol. The van der Waals surface area contributed by atoms with E-state index >= 15 is 0 Å². The Morgan fingerprint density at radius 3 is 1.12 bits per heavy atom. The minimum atomic E-state index is -0.775. The molecule has 0 spiro atoms. The average Bonchev–Trinajstić information content (AvgIpc) is 4.06. The Kier molecular flexibility index (Phi) is 12.2. The smallest absolute Gasteiger partial charge is 0.313 e. The van der Waals surface area contributed by atoms with E-state index in [-0.39, 0.29) is 5.71 Å². The molecule has 0 fully saturated rings. The molecule has 6 aromatic heterocycles. The van der Waals surface area contributed by atoms with Crippen LogP contribution in [0.4, 0.5) is 38.9 Å². The van der Waals surface area contributed by atoms with Crippen LogP contribution in [0.3, 0.4) is 0 Å². The largest absolute Gasteiger partial charge is 0.497 e.